The van der Waals surface area contributed by atoms with Crippen LogP contribution in [0.25, 0.3) is 0 Å². The van der Waals surface area contributed by atoms with Crippen LogP contribution in [0.2, 0.25) is 0 Å². The Hall–Kier alpha value is -2.60. The van der Waals surface area contributed by atoms with Gasteiger partial charge in [0, 0.05) is 23.9 Å². The summed E-state index contributed by atoms with van der Waals surface area (Å²) in [5, 5.41) is 8.16. The molecule has 7 nitrogen and oxygen atoms in total. The monoisotopic (exact) mass is 436 g/mol. The molecule has 0 unspecified atom stereocenters. The molecule has 28 heavy (non-hydrogen) atoms. The van der Waals surface area contributed by atoms with Gasteiger partial charge in [0.15, 0.2) is 0 Å². The van der Waals surface area contributed by atoms with Crippen molar-refractivity contribution in [2.45, 2.75) is 16.8 Å². The number of amides is 2. The Morgan fingerprint density at radius 3 is 2.50 bits per heavy atom. The van der Waals surface area contributed by atoms with E-state index in [1.165, 1.54) is 18.4 Å². The smallest absolute Gasteiger partial charge is 0.495 e. The first-order valence-electron chi connectivity index (χ1n) is 7.66. The summed E-state index contributed by atoms with van der Waals surface area (Å²) in [7, 11) is -4.36. The van der Waals surface area contributed by atoms with Gasteiger partial charge < -0.3 is 15.4 Å². The minimum atomic E-state index is -5.58. The highest BCUT2D eigenvalue weighted by molar-refractivity contribution is 7.92. The van der Waals surface area contributed by atoms with E-state index in [2.05, 4.69) is 10.6 Å². The number of alkyl halides is 3. The van der Waals surface area contributed by atoms with E-state index in [9.17, 15) is 31.2 Å². The average Bonchev–Trinajstić information content (AvgIpc) is 3.15. The molecule has 0 saturated carbocycles. The van der Waals surface area contributed by atoms with Crippen molar-refractivity contribution in [1.82, 2.24) is 5.32 Å². The fourth-order valence-electron chi connectivity index (χ4n) is 2.08. The number of halogens is 3. The lowest BCUT2D eigenvalue weighted by molar-refractivity contribution is -0.116. The molecular formula is C16H15F3N2O5S2. The Labute approximate surface area is 162 Å². The first kappa shape index (κ1) is 21.7. The molecule has 0 aliphatic carbocycles. The number of ether oxygens (including phenoxy) is 1. The number of carbonyl (C=O) groups is 2. The van der Waals surface area contributed by atoms with Crippen LogP contribution in [-0.4, -0.2) is 39.4 Å². The number of thiophene rings is 1. The zero-order valence-corrected chi connectivity index (χ0v) is 16.0. The van der Waals surface area contributed by atoms with Crippen LogP contribution in [0.4, 0.5) is 18.9 Å². The molecule has 0 fully saturated rings. The highest BCUT2D eigenvalue weighted by Gasteiger charge is 2.47. The molecule has 2 amide bonds. The molecule has 2 rings (SSSR count). The van der Waals surface area contributed by atoms with Gasteiger partial charge in [0.1, 0.15) is 5.75 Å². The van der Waals surface area contributed by atoms with Crippen molar-refractivity contribution in [3.63, 3.8) is 0 Å². The van der Waals surface area contributed by atoms with Gasteiger partial charge >= 0.3 is 5.51 Å². The molecule has 0 radical (unpaired) electrons. The lowest BCUT2D eigenvalue weighted by Crippen LogP contribution is -2.27. The Morgan fingerprint density at radius 1 is 1.21 bits per heavy atom. The largest absolute Gasteiger partial charge is 0.501 e. The van der Waals surface area contributed by atoms with Gasteiger partial charge in [0.2, 0.25) is 5.91 Å². The summed E-state index contributed by atoms with van der Waals surface area (Å²) in [6.07, 6.45) is -0.185. The second-order valence-electron chi connectivity index (χ2n) is 5.38. The number of benzene rings is 1. The Morgan fingerprint density at radius 2 is 1.93 bits per heavy atom. The van der Waals surface area contributed by atoms with Crippen LogP contribution in [0, 0.1) is 0 Å². The van der Waals surface area contributed by atoms with E-state index in [-0.39, 0.29) is 30.3 Å². The minimum absolute atomic E-state index is 0.0169. The van der Waals surface area contributed by atoms with E-state index >= 15 is 0 Å². The maximum absolute atomic E-state index is 12.7. The summed E-state index contributed by atoms with van der Waals surface area (Å²) < 4.78 is 66.1. The molecule has 0 saturated heterocycles. The van der Waals surface area contributed by atoms with Gasteiger partial charge in [-0.2, -0.15) is 24.5 Å². The molecule has 0 bridgehead atoms. The molecule has 0 aliphatic heterocycles. The number of sulfone groups is 1. The van der Waals surface area contributed by atoms with Gasteiger partial charge in [0.05, 0.1) is 17.7 Å². The molecule has 0 spiro atoms. The van der Waals surface area contributed by atoms with Crippen molar-refractivity contribution in [1.29, 1.82) is 0 Å². The van der Waals surface area contributed by atoms with Crippen LogP contribution in [0.3, 0.4) is 0 Å². The number of nitrogens with one attached hydrogen (secondary N) is 2. The molecule has 152 valence electrons. The number of methoxy groups -OCH3 is 1. The van der Waals surface area contributed by atoms with Crippen LogP contribution >= 0.6 is 11.3 Å². The van der Waals surface area contributed by atoms with E-state index in [1.807, 2.05) is 0 Å². The summed E-state index contributed by atoms with van der Waals surface area (Å²) in [6.45, 7) is -0.0244. The second-order valence-corrected chi connectivity index (χ2v) is 8.10. The standard InChI is InChI=1S/C16H15F3N2O5S2/c1-26-13-3-2-11(28(24,25)16(17,18)19)8-12(13)21-14(22)4-6-20-15(23)10-5-7-27-9-10/h2-3,5,7-9H,4,6H2,1H3,(H,20,23)(H,21,22). The predicted octanol–water partition coefficient (Wildman–Crippen LogP) is 2.81. The van der Waals surface area contributed by atoms with Crippen LogP contribution < -0.4 is 15.4 Å². The summed E-state index contributed by atoms with van der Waals surface area (Å²) in [6, 6.07) is 4.02. The fraction of sp³-hybridized carbons (Fsp3) is 0.250. The molecule has 2 N–H and O–H groups in total. The van der Waals surface area contributed by atoms with Gasteiger partial charge in [0.25, 0.3) is 15.7 Å². The van der Waals surface area contributed by atoms with Gasteiger partial charge in [-0.15, -0.1) is 0 Å². The van der Waals surface area contributed by atoms with Crippen LogP contribution in [0.5, 0.6) is 5.75 Å². The molecule has 2 aromatic rings. The number of hydrogen-bond acceptors (Lipinski definition) is 6. The molecule has 0 aliphatic rings. The molecule has 0 atom stereocenters. The highest BCUT2D eigenvalue weighted by Crippen LogP contribution is 2.34. The van der Waals surface area contributed by atoms with Gasteiger partial charge in [-0.1, -0.05) is 0 Å². The van der Waals surface area contributed by atoms with Crippen molar-refractivity contribution < 1.29 is 35.9 Å². The lowest BCUT2D eigenvalue weighted by Gasteiger charge is -2.13. The molecule has 1 aromatic carbocycles. The van der Waals surface area contributed by atoms with Crippen molar-refractivity contribution in [3.05, 3.63) is 40.6 Å². The number of rotatable bonds is 7. The number of anilines is 1. The highest BCUT2D eigenvalue weighted by atomic mass is 32.2. The van der Waals surface area contributed by atoms with Crippen molar-refractivity contribution in [2.24, 2.45) is 0 Å². The van der Waals surface area contributed by atoms with Crippen LogP contribution in [0.1, 0.15) is 16.8 Å². The lowest BCUT2D eigenvalue weighted by atomic mass is 10.2. The van der Waals surface area contributed by atoms with E-state index < -0.39 is 26.1 Å². The minimum Gasteiger partial charge on any atom is -0.495 e. The first-order chi connectivity index (χ1) is 13.1. The van der Waals surface area contributed by atoms with Crippen molar-refractivity contribution >= 4 is 38.7 Å². The molecule has 1 aromatic heterocycles. The average molecular weight is 436 g/mol. The third-order valence-corrected chi connectivity index (χ3v) is 5.65. The topological polar surface area (TPSA) is 102 Å². The predicted molar refractivity (Wildman–Crippen MR) is 96.1 cm³/mol. The summed E-state index contributed by atoms with van der Waals surface area (Å²) in [4.78, 5) is 22.8. The normalized spacial score (nSPS) is 11.7. The SMILES string of the molecule is COc1ccc(S(=O)(=O)C(F)(F)F)cc1NC(=O)CCNC(=O)c1ccsc1. The van der Waals surface area contributed by atoms with Gasteiger partial charge in [-0.3, -0.25) is 9.59 Å². The quantitative estimate of drug-likeness (QED) is 0.695. The third kappa shape index (κ3) is 5.01. The third-order valence-electron chi connectivity index (χ3n) is 3.48. The van der Waals surface area contributed by atoms with Gasteiger partial charge in [-0.05, 0) is 29.6 Å². The Bertz CT molecular complexity index is 957. The zero-order chi connectivity index (χ0) is 20.9. The van der Waals surface area contributed by atoms with E-state index in [1.54, 1.807) is 16.8 Å². The maximum Gasteiger partial charge on any atom is 0.501 e. The molecule has 12 heteroatoms. The number of hydrogen-bond donors (Lipinski definition) is 2. The summed E-state index contributed by atoms with van der Waals surface area (Å²) in [5.41, 5.74) is -5.27. The number of carbonyl (C=O) groups excluding carboxylic acids is 2. The van der Waals surface area contributed by atoms with E-state index in [0.29, 0.717) is 11.6 Å². The summed E-state index contributed by atoms with van der Waals surface area (Å²) in [5.74, 6) is -1.04. The molecular weight excluding hydrogens is 421 g/mol. The maximum atomic E-state index is 12.7. The first-order valence-corrected chi connectivity index (χ1v) is 10.1. The van der Waals surface area contributed by atoms with Crippen molar-refractivity contribution in [3.8, 4) is 5.75 Å². The molecule has 1 heterocycles. The Balaban J connectivity index is 2.06. The Kier molecular flexibility index (Phi) is 6.67. The van der Waals surface area contributed by atoms with E-state index in [4.69, 9.17) is 4.74 Å². The fourth-order valence-corrected chi connectivity index (χ4v) is 3.51. The zero-order valence-electron chi connectivity index (χ0n) is 14.4. The van der Waals surface area contributed by atoms with Gasteiger partial charge in [-0.25, -0.2) is 8.42 Å². The van der Waals surface area contributed by atoms with Crippen molar-refractivity contribution in [2.75, 3.05) is 19.0 Å². The van der Waals surface area contributed by atoms with Crippen LogP contribution in [-0.2, 0) is 14.6 Å². The van der Waals surface area contributed by atoms with Crippen LogP contribution in [0.15, 0.2) is 39.9 Å². The van der Waals surface area contributed by atoms with E-state index in [0.717, 1.165) is 12.1 Å². The summed E-state index contributed by atoms with van der Waals surface area (Å²) >= 11 is 1.34. The second kappa shape index (κ2) is 8.61.